The van der Waals surface area contributed by atoms with Crippen molar-refractivity contribution in [3.05, 3.63) is 39.9 Å². The predicted molar refractivity (Wildman–Crippen MR) is 81.8 cm³/mol. The van der Waals surface area contributed by atoms with Gasteiger partial charge in [-0.1, -0.05) is 0 Å². The largest absolute Gasteiger partial charge is 0.377 e. The minimum absolute atomic E-state index is 0.0109. The number of nitro groups is 1. The van der Waals surface area contributed by atoms with Crippen LogP contribution in [-0.2, 0) is 15.1 Å². The van der Waals surface area contributed by atoms with Crippen LogP contribution in [0.25, 0.3) is 0 Å². The minimum atomic E-state index is -1.23. The lowest BCUT2D eigenvalue weighted by Crippen LogP contribution is -2.41. The van der Waals surface area contributed by atoms with Gasteiger partial charge in [-0.25, -0.2) is 4.79 Å². The molecule has 8 nitrogen and oxygen atoms in total. The molecule has 0 bridgehead atoms. The summed E-state index contributed by atoms with van der Waals surface area (Å²) in [5.74, 6) is -0.399. The molecule has 2 rings (SSSR count). The second-order valence-electron chi connectivity index (χ2n) is 5.74. The number of carbonyl (C=O) groups excluding carboxylic acids is 2. The van der Waals surface area contributed by atoms with Crippen LogP contribution in [0.4, 0.5) is 10.5 Å². The van der Waals surface area contributed by atoms with Crippen LogP contribution in [0, 0.1) is 10.1 Å². The molecule has 0 unspecified atom stereocenters. The number of ether oxygens (including phenoxy) is 1. The number of hydrogen-bond acceptors (Lipinski definition) is 5. The third-order valence-electron chi connectivity index (χ3n) is 3.70. The Hall–Kier alpha value is -2.48. The molecule has 1 atom stereocenters. The standard InChI is InChI=1S/C15H19N3O5/c1-10(2)23-9-8-17-13(19)15(3,16-14(17)20)11-4-6-12(7-5-11)18(21)22/h4-7,10H,8-9H2,1-3H3,(H,16,20)/t15-/m1/s1. The lowest BCUT2D eigenvalue weighted by atomic mass is 9.92. The summed E-state index contributed by atoms with van der Waals surface area (Å²) in [6, 6.07) is 5.08. The van der Waals surface area contributed by atoms with Crippen LogP contribution in [0.5, 0.6) is 0 Å². The fourth-order valence-electron chi connectivity index (χ4n) is 2.39. The van der Waals surface area contributed by atoms with E-state index in [1.54, 1.807) is 6.92 Å². The number of imide groups is 1. The van der Waals surface area contributed by atoms with Gasteiger partial charge in [-0.05, 0) is 38.5 Å². The van der Waals surface area contributed by atoms with Crippen molar-refractivity contribution in [2.24, 2.45) is 0 Å². The SMILES string of the molecule is CC(C)OCCN1C(=O)N[C@](C)(c2ccc([N+](=O)[O-])cc2)C1=O. The molecule has 0 aromatic heterocycles. The Balaban J connectivity index is 2.17. The Morgan fingerprint density at radius 3 is 2.43 bits per heavy atom. The van der Waals surface area contributed by atoms with E-state index >= 15 is 0 Å². The first-order valence-electron chi connectivity index (χ1n) is 7.26. The van der Waals surface area contributed by atoms with Crippen LogP contribution in [0.3, 0.4) is 0 Å². The van der Waals surface area contributed by atoms with E-state index in [9.17, 15) is 19.7 Å². The molecule has 1 saturated heterocycles. The fourth-order valence-corrected chi connectivity index (χ4v) is 2.39. The number of non-ortho nitro benzene ring substituents is 1. The van der Waals surface area contributed by atoms with E-state index < -0.39 is 22.4 Å². The maximum Gasteiger partial charge on any atom is 0.325 e. The zero-order valence-electron chi connectivity index (χ0n) is 13.2. The third kappa shape index (κ3) is 3.31. The summed E-state index contributed by atoms with van der Waals surface area (Å²) in [5.41, 5.74) is -0.811. The summed E-state index contributed by atoms with van der Waals surface area (Å²) >= 11 is 0. The van der Waals surface area contributed by atoms with Crippen LogP contribution >= 0.6 is 0 Å². The van der Waals surface area contributed by atoms with Crippen molar-refractivity contribution >= 4 is 17.6 Å². The lowest BCUT2D eigenvalue weighted by molar-refractivity contribution is -0.384. The van der Waals surface area contributed by atoms with Crippen LogP contribution in [0.2, 0.25) is 0 Å². The van der Waals surface area contributed by atoms with Gasteiger partial charge in [0.15, 0.2) is 0 Å². The van der Waals surface area contributed by atoms with Gasteiger partial charge in [0.25, 0.3) is 11.6 Å². The number of benzene rings is 1. The van der Waals surface area contributed by atoms with Crippen molar-refractivity contribution in [1.29, 1.82) is 0 Å². The highest BCUT2D eigenvalue weighted by Gasteiger charge is 2.48. The molecule has 0 spiro atoms. The second kappa shape index (κ2) is 6.33. The van der Waals surface area contributed by atoms with Crippen molar-refractivity contribution in [2.45, 2.75) is 32.4 Å². The van der Waals surface area contributed by atoms with E-state index in [1.165, 1.54) is 24.3 Å². The Bertz CT molecular complexity index is 629. The number of amides is 3. The quantitative estimate of drug-likeness (QED) is 0.489. The molecule has 1 aliphatic heterocycles. The maximum absolute atomic E-state index is 12.6. The minimum Gasteiger partial charge on any atom is -0.377 e. The van der Waals surface area contributed by atoms with E-state index in [4.69, 9.17) is 4.74 Å². The van der Waals surface area contributed by atoms with Crippen molar-refractivity contribution < 1.29 is 19.2 Å². The van der Waals surface area contributed by atoms with Gasteiger partial charge in [-0.15, -0.1) is 0 Å². The van der Waals surface area contributed by atoms with Crippen LogP contribution in [0.15, 0.2) is 24.3 Å². The topological polar surface area (TPSA) is 102 Å². The molecule has 3 amide bonds. The number of urea groups is 1. The van der Waals surface area contributed by atoms with Crippen molar-refractivity contribution in [1.82, 2.24) is 10.2 Å². The predicted octanol–water partition coefficient (Wildman–Crippen LogP) is 1.79. The second-order valence-corrected chi connectivity index (χ2v) is 5.74. The molecule has 1 aromatic carbocycles. The van der Waals surface area contributed by atoms with Gasteiger partial charge in [0, 0.05) is 12.1 Å². The molecule has 1 aliphatic rings. The smallest absolute Gasteiger partial charge is 0.325 e. The number of carbonyl (C=O) groups is 2. The van der Waals surface area contributed by atoms with Gasteiger partial charge in [-0.3, -0.25) is 19.8 Å². The summed E-state index contributed by atoms with van der Waals surface area (Å²) in [6.07, 6.45) is 0.0109. The molecular formula is C15H19N3O5. The van der Waals surface area contributed by atoms with Crippen molar-refractivity contribution in [3.63, 3.8) is 0 Å². The molecule has 0 radical (unpaired) electrons. The Kier molecular flexibility index (Phi) is 4.65. The maximum atomic E-state index is 12.6. The highest BCUT2D eigenvalue weighted by Crippen LogP contribution is 2.29. The molecule has 1 aromatic rings. The lowest BCUT2D eigenvalue weighted by Gasteiger charge is -2.22. The first kappa shape index (κ1) is 16.9. The van der Waals surface area contributed by atoms with Crippen molar-refractivity contribution in [2.75, 3.05) is 13.2 Å². The molecule has 124 valence electrons. The normalized spacial score (nSPS) is 21.0. The van der Waals surface area contributed by atoms with E-state index in [-0.39, 0.29) is 24.9 Å². The fraction of sp³-hybridized carbons (Fsp3) is 0.467. The molecule has 23 heavy (non-hydrogen) atoms. The monoisotopic (exact) mass is 321 g/mol. The number of hydrogen-bond donors (Lipinski definition) is 1. The van der Waals surface area contributed by atoms with E-state index in [0.29, 0.717) is 5.56 Å². The highest BCUT2D eigenvalue weighted by molar-refractivity contribution is 6.07. The van der Waals surface area contributed by atoms with E-state index in [2.05, 4.69) is 5.32 Å². The highest BCUT2D eigenvalue weighted by atomic mass is 16.6. The molecule has 0 saturated carbocycles. The Morgan fingerprint density at radius 1 is 1.30 bits per heavy atom. The summed E-state index contributed by atoms with van der Waals surface area (Å²) in [6.45, 7) is 5.73. The van der Waals surface area contributed by atoms with Gasteiger partial charge in [-0.2, -0.15) is 0 Å². The summed E-state index contributed by atoms with van der Waals surface area (Å²) in [7, 11) is 0. The number of rotatable bonds is 6. The van der Waals surface area contributed by atoms with Crippen LogP contribution in [-0.4, -0.2) is 41.0 Å². The van der Waals surface area contributed by atoms with Gasteiger partial charge in [0.1, 0.15) is 5.54 Å². The van der Waals surface area contributed by atoms with Crippen LogP contribution < -0.4 is 5.32 Å². The molecule has 0 aliphatic carbocycles. The van der Waals surface area contributed by atoms with E-state index in [1.807, 2.05) is 13.8 Å². The van der Waals surface area contributed by atoms with Gasteiger partial charge < -0.3 is 10.1 Å². The summed E-state index contributed by atoms with van der Waals surface area (Å²) < 4.78 is 5.37. The van der Waals surface area contributed by atoms with Crippen molar-refractivity contribution in [3.8, 4) is 0 Å². The van der Waals surface area contributed by atoms with Gasteiger partial charge in [0.05, 0.1) is 24.2 Å². The Labute approximate surface area is 133 Å². The zero-order valence-corrected chi connectivity index (χ0v) is 13.2. The number of nitro benzene ring substituents is 1. The van der Waals surface area contributed by atoms with Gasteiger partial charge in [0.2, 0.25) is 0 Å². The number of nitrogens with one attached hydrogen (secondary N) is 1. The molecular weight excluding hydrogens is 302 g/mol. The first-order chi connectivity index (χ1) is 10.8. The van der Waals surface area contributed by atoms with E-state index in [0.717, 1.165) is 4.90 Å². The Morgan fingerprint density at radius 2 is 1.91 bits per heavy atom. The van der Waals surface area contributed by atoms with Crippen LogP contribution in [0.1, 0.15) is 26.3 Å². The average molecular weight is 321 g/mol. The summed E-state index contributed by atoms with van der Waals surface area (Å²) in [4.78, 5) is 35.9. The average Bonchev–Trinajstić information content (AvgIpc) is 2.71. The molecule has 8 heteroatoms. The zero-order chi connectivity index (χ0) is 17.2. The first-order valence-corrected chi connectivity index (χ1v) is 7.26. The van der Waals surface area contributed by atoms with Gasteiger partial charge >= 0.3 is 6.03 Å². The number of nitrogens with zero attached hydrogens (tertiary/aromatic N) is 2. The molecule has 1 fully saturated rings. The molecule has 1 heterocycles. The third-order valence-corrected chi connectivity index (χ3v) is 3.70. The molecule has 1 N–H and O–H groups in total. The summed E-state index contributed by atoms with van der Waals surface area (Å²) in [5, 5.41) is 13.3.